The van der Waals surface area contributed by atoms with E-state index in [1.165, 1.54) is 6.92 Å². The van der Waals surface area contributed by atoms with Crippen molar-refractivity contribution in [3.63, 3.8) is 0 Å². The van der Waals surface area contributed by atoms with E-state index in [0.717, 1.165) is 30.3 Å². The number of phenolic OH excluding ortho intramolecular Hbond substituents is 1. The number of carboxylic acids is 2. The number of fused-ring (bicyclic) bond motifs is 1. The van der Waals surface area contributed by atoms with Crippen LogP contribution < -0.4 is 5.32 Å². The topological polar surface area (TPSA) is 273 Å². The number of carbonyl (C=O) groups is 2. The predicted octanol–water partition coefficient (Wildman–Crippen LogP) is 3.71. The summed E-state index contributed by atoms with van der Waals surface area (Å²) in [5.74, 6) is -4.78. The quantitative estimate of drug-likeness (QED) is 0.0644. The first kappa shape index (κ1) is 29.6. The third-order valence-corrected chi connectivity index (χ3v) is 6.69. The Hall–Kier alpha value is -4.91. The van der Waals surface area contributed by atoms with Crippen LogP contribution in [0.2, 0.25) is 0 Å². The third-order valence-electron chi connectivity index (χ3n) is 4.99. The Morgan fingerprint density at radius 1 is 0.850 bits per heavy atom. The first-order chi connectivity index (χ1) is 18.4. The highest BCUT2D eigenvalue weighted by Crippen LogP contribution is 2.45. The molecule has 0 heterocycles. The molecule has 0 saturated carbocycles. The highest BCUT2D eigenvalue weighted by molar-refractivity contribution is 7.86. The van der Waals surface area contributed by atoms with Gasteiger partial charge in [0.2, 0.25) is 5.88 Å². The molecule has 0 aliphatic rings. The number of hydrogen-bond acceptors (Lipinski definition) is 11. The van der Waals surface area contributed by atoms with Crippen LogP contribution in [-0.2, 0) is 20.2 Å². The minimum Gasteiger partial charge on any atom is -0.505 e. The fourth-order valence-electron chi connectivity index (χ4n) is 3.44. The maximum atomic E-state index is 12.2. The number of amidine groups is 1. The number of nitrogens with zero attached hydrogens (tertiary/aromatic N) is 3. The van der Waals surface area contributed by atoms with Gasteiger partial charge in [0.1, 0.15) is 16.4 Å². The van der Waals surface area contributed by atoms with E-state index in [0.29, 0.717) is 6.07 Å². The SMILES string of the molecule is C=C(O)/N=C(\C)Nc1cc(S(=O)(=O)O)cc2cc(S(=O)(=O)O)c(N=Nc3cc(C(=O)O)cc(C(=O)O)c3)c(O)c12. The van der Waals surface area contributed by atoms with E-state index in [1.54, 1.807) is 0 Å². The van der Waals surface area contributed by atoms with Gasteiger partial charge in [0.25, 0.3) is 20.2 Å². The van der Waals surface area contributed by atoms with Gasteiger partial charge in [0.15, 0.2) is 5.75 Å². The molecule has 0 bridgehead atoms. The second-order valence-corrected chi connectivity index (χ2v) is 10.7. The molecule has 0 aliphatic carbocycles. The normalized spacial score (nSPS) is 12.5. The van der Waals surface area contributed by atoms with Crippen molar-refractivity contribution in [3.8, 4) is 5.75 Å². The summed E-state index contributed by atoms with van der Waals surface area (Å²) >= 11 is 0. The Balaban J connectivity index is 2.40. The fourth-order valence-corrected chi connectivity index (χ4v) is 4.64. The van der Waals surface area contributed by atoms with Crippen LogP contribution in [0, 0.1) is 0 Å². The molecule has 0 fully saturated rings. The average Bonchev–Trinajstić information content (AvgIpc) is 2.80. The van der Waals surface area contributed by atoms with Gasteiger partial charge >= 0.3 is 11.9 Å². The van der Waals surface area contributed by atoms with Crippen molar-refractivity contribution in [2.45, 2.75) is 16.7 Å². The summed E-state index contributed by atoms with van der Waals surface area (Å²) in [6, 6.07) is 4.94. The lowest BCUT2D eigenvalue weighted by Gasteiger charge is -2.15. The van der Waals surface area contributed by atoms with Crippen LogP contribution >= 0.6 is 0 Å². The lowest BCUT2D eigenvalue weighted by molar-refractivity contribution is 0.0696. The van der Waals surface area contributed by atoms with Crippen molar-refractivity contribution in [1.29, 1.82) is 0 Å². The van der Waals surface area contributed by atoms with Crippen molar-refractivity contribution < 1.29 is 56.0 Å². The molecule has 0 aliphatic heterocycles. The Labute approximate surface area is 224 Å². The molecule has 0 radical (unpaired) electrons. The molecule has 7 N–H and O–H groups in total. The van der Waals surface area contributed by atoms with E-state index < -0.39 is 70.4 Å². The number of aliphatic hydroxyl groups excluding tert-OH is 1. The summed E-state index contributed by atoms with van der Waals surface area (Å²) < 4.78 is 67.3. The van der Waals surface area contributed by atoms with Crippen molar-refractivity contribution in [2.75, 3.05) is 5.32 Å². The smallest absolute Gasteiger partial charge is 0.335 e. The number of azo groups is 1. The van der Waals surface area contributed by atoms with Gasteiger partial charge in [-0.2, -0.15) is 21.9 Å². The lowest BCUT2D eigenvalue weighted by Crippen LogP contribution is -2.10. The average molecular weight is 595 g/mol. The number of aromatic hydroxyl groups is 1. The predicted molar refractivity (Wildman–Crippen MR) is 138 cm³/mol. The van der Waals surface area contributed by atoms with Gasteiger partial charge in [-0.3, -0.25) is 9.11 Å². The van der Waals surface area contributed by atoms with Crippen LogP contribution in [0.15, 0.2) is 73.9 Å². The highest BCUT2D eigenvalue weighted by atomic mass is 32.2. The molecular weight excluding hydrogens is 576 g/mol. The largest absolute Gasteiger partial charge is 0.505 e. The molecule has 0 unspecified atom stereocenters. The van der Waals surface area contributed by atoms with Gasteiger partial charge in [-0.15, -0.1) is 5.11 Å². The minimum atomic E-state index is -5.20. The summed E-state index contributed by atoms with van der Waals surface area (Å²) in [6.07, 6.45) is 0. The van der Waals surface area contributed by atoms with Crippen molar-refractivity contribution in [1.82, 2.24) is 0 Å². The molecule has 0 saturated heterocycles. The van der Waals surface area contributed by atoms with E-state index in [-0.39, 0.29) is 28.0 Å². The van der Waals surface area contributed by atoms with Crippen LogP contribution in [-0.4, -0.2) is 64.1 Å². The number of rotatable bonds is 8. The third kappa shape index (κ3) is 6.56. The summed E-state index contributed by atoms with van der Waals surface area (Å²) in [4.78, 5) is 24.5. The molecule has 16 nitrogen and oxygen atoms in total. The van der Waals surface area contributed by atoms with Crippen LogP contribution in [0.5, 0.6) is 5.75 Å². The Bertz CT molecular complexity index is 1850. The molecule has 40 heavy (non-hydrogen) atoms. The molecule has 210 valence electrons. The molecule has 3 rings (SSSR count). The highest BCUT2D eigenvalue weighted by Gasteiger charge is 2.25. The molecule has 0 aromatic heterocycles. The number of aromatic carboxylic acids is 2. The van der Waals surface area contributed by atoms with Gasteiger partial charge in [-0.05, 0) is 55.3 Å². The molecule has 0 atom stereocenters. The monoisotopic (exact) mass is 594 g/mol. The van der Waals surface area contributed by atoms with Crippen molar-refractivity contribution >= 4 is 65.8 Å². The van der Waals surface area contributed by atoms with Gasteiger partial charge in [-0.1, -0.05) is 0 Å². The molecule has 18 heteroatoms. The summed E-state index contributed by atoms with van der Waals surface area (Å²) in [7, 11) is -10.1. The number of phenols is 1. The first-order valence-corrected chi connectivity index (χ1v) is 13.3. The second kappa shape index (κ2) is 10.7. The molecule has 0 amide bonds. The summed E-state index contributed by atoms with van der Waals surface area (Å²) in [6.45, 7) is 4.46. The van der Waals surface area contributed by atoms with E-state index >= 15 is 0 Å². The number of hydrogen-bond donors (Lipinski definition) is 7. The van der Waals surface area contributed by atoms with Crippen molar-refractivity contribution in [2.24, 2.45) is 15.2 Å². The number of anilines is 1. The summed E-state index contributed by atoms with van der Waals surface area (Å²) in [5, 5.41) is 47.9. The molecule has 0 spiro atoms. The number of benzene rings is 3. The zero-order chi connectivity index (χ0) is 30.2. The van der Waals surface area contributed by atoms with E-state index in [4.69, 9.17) is 0 Å². The van der Waals surface area contributed by atoms with Gasteiger partial charge in [0, 0.05) is 5.39 Å². The Morgan fingerprint density at radius 2 is 1.43 bits per heavy atom. The van der Waals surface area contributed by atoms with Crippen molar-refractivity contribution in [3.05, 3.63) is 60.0 Å². The lowest BCUT2D eigenvalue weighted by atomic mass is 10.1. The Morgan fingerprint density at radius 3 is 1.90 bits per heavy atom. The van der Waals surface area contributed by atoms with Crippen LogP contribution in [0.1, 0.15) is 27.6 Å². The Kier molecular flexibility index (Phi) is 7.92. The minimum absolute atomic E-state index is 0.102. The molecular formula is C22H18N4O12S2. The number of aliphatic hydroxyl groups is 1. The zero-order valence-electron chi connectivity index (χ0n) is 20.0. The number of carboxylic acid groups (broad SMARTS) is 2. The van der Waals surface area contributed by atoms with Gasteiger partial charge in [-0.25, -0.2) is 14.6 Å². The van der Waals surface area contributed by atoms with Crippen LogP contribution in [0.3, 0.4) is 0 Å². The second-order valence-electron chi connectivity index (χ2n) is 7.91. The van der Waals surface area contributed by atoms with Crippen LogP contribution in [0.4, 0.5) is 17.1 Å². The standard InChI is InChI=1S/C22H18N4O12S2/c1-9(23-10(2)27)24-16-8-15(39(33,34)35)6-11-7-17(40(36,37)38)19(20(28)18(11)16)26-25-14-4-12(21(29)30)3-13(5-14)22(31)32/h3-8,27-28H,2H2,1H3,(H,23,24)(H,29,30)(H,31,32)(H,33,34,35)(H,36,37,38). The maximum Gasteiger partial charge on any atom is 0.335 e. The van der Waals surface area contributed by atoms with E-state index in [2.05, 4.69) is 27.1 Å². The number of aliphatic imine (C=N–C) groups is 1. The fraction of sp³-hybridized carbons (Fsp3) is 0.0455. The summed E-state index contributed by atoms with van der Waals surface area (Å²) in [5.41, 5.74) is -2.60. The van der Waals surface area contributed by atoms with E-state index in [1.807, 2.05) is 0 Å². The van der Waals surface area contributed by atoms with Gasteiger partial charge < -0.3 is 25.7 Å². The van der Waals surface area contributed by atoms with Crippen LogP contribution in [0.25, 0.3) is 10.8 Å². The first-order valence-electron chi connectivity index (χ1n) is 10.4. The molecule has 3 aromatic rings. The maximum absolute atomic E-state index is 12.2. The number of nitrogens with one attached hydrogen (secondary N) is 1. The van der Waals surface area contributed by atoms with E-state index in [9.17, 15) is 56.0 Å². The van der Waals surface area contributed by atoms with Gasteiger partial charge in [0.05, 0.1) is 27.4 Å². The molecule has 3 aromatic carbocycles. The zero-order valence-corrected chi connectivity index (χ0v) is 21.6.